The minimum absolute atomic E-state index is 0.237. The van der Waals surface area contributed by atoms with Crippen LogP contribution in [0, 0.1) is 0 Å². The predicted molar refractivity (Wildman–Crippen MR) is 72.0 cm³/mol. The molecule has 1 aliphatic carbocycles. The van der Waals surface area contributed by atoms with Gasteiger partial charge in [-0.3, -0.25) is 4.99 Å². The van der Waals surface area contributed by atoms with Gasteiger partial charge in [0.05, 0.1) is 6.04 Å². The van der Waals surface area contributed by atoms with E-state index in [4.69, 9.17) is 4.99 Å². The lowest BCUT2D eigenvalue weighted by Crippen LogP contribution is -2.37. The Balaban J connectivity index is 1.89. The molecule has 1 saturated heterocycles. The van der Waals surface area contributed by atoms with Crippen molar-refractivity contribution in [3.05, 3.63) is 0 Å². The fourth-order valence-corrected chi connectivity index (χ4v) is 4.02. The molecule has 0 bridgehead atoms. The van der Waals surface area contributed by atoms with E-state index in [1.54, 1.807) is 0 Å². The van der Waals surface area contributed by atoms with Crippen LogP contribution in [0.25, 0.3) is 0 Å². The van der Waals surface area contributed by atoms with Crippen molar-refractivity contribution in [3.63, 3.8) is 0 Å². The third kappa shape index (κ3) is 3.06. The average Bonchev–Trinajstić information content (AvgIpc) is 2.73. The number of hydrogen-bond acceptors (Lipinski definition) is 3. The predicted octanol–water partition coefficient (Wildman–Crippen LogP) is 2.74. The SMILES string of the molecule is CSC1CCC(N=C2NC(C)(C)CS2)C1. The molecule has 0 spiro atoms. The maximum absolute atomic E-state index is 4.82. The highest BCUT2D eigenvalue weighted by atomic mass is 32.2. The molecule has 2 fully saturated rings. The van der Waals surface area contributed by atoms with Crippen molar-refractivity contribution in [2.75, 3.05) is 12.0 Å². The normalized spacial score (nSPS) is 37.1. The van der Waals surface area contributed by atoms with Crippen molar-refractivity contribution in [1.29, 1.82) is 0 Å². The first-order valence-electron chi connectivity index (χ1n) is 5.61. The van der Waals surface area contributed by atoms with E-state index in [1.807, 2.05) is 23.5 Å². The standard InChI is InChI=1S/C11H20N2S2/c1-11(2)7-15-10(13-11)12-8-4-5-9(6-8)14-3/h8-9H,4-7H2,1-3H3,(H,12,13). The van der Waals surface area contributed by atoms with Gasteiger partial charge in [0, 0.05) is 16.5 Å². The lowest BCUT2D eigenvalue weighted by molar-refractivity contribution is 0.534. The molecule has 2 rings (SSSR count). The Morgan fingerprint density at radius 1 is 1.47 bits per heavy atom. The van der Waals surface area contributed by atoms with Gasteiger partial charge in [0.2, 0.25) is 0 Å². The molecule has 2 unspecified atom stereocenters. The molecule has 1 saturated carbocycles. The van der Waals surface area contributed by atoms with E-state index in [-0.39, 0.29) is 5.54 Å². The second kappa shape index (κ2) is 4.58. The van der Waals surface area contributed by atoms with E-state index in [1.165, 1.54) is 24.4 Å². The summed E-state index contributed by atoms with van der Waals surface area (Å²) in [5.74, 6) is 1.14. The van der Waals surface area contributed by atoms with Gasteiger partial charge < -0.3 is 5.32 Å². The third-order valence-electron chi connectivity index (χ3n) is 3.01. The molecule has 0 aromatic rings. The summed E-state index contributed by atoms with van der Waals surface area (Å²) in [6.45, 7) is 4.48. The first kappa shape index (κ1) is 11.6. The van der Waals surface area contributed by atoms with E-state index in [0.717, 1.165) is 11.0 Å². The molecule has 1 heterocycles. The Hall–Kier alpha value is 0.170. The Labute approximate surface area is 101 Å². The molecule has 1 aliphatic heterocycles. The summed E-state index contributed by atoms with van der Waals surface area (Å²) in [6, 6.07) is 0.575. The molecule has 0 radical (unpaired) electrons. The molecular formula is C11H20N2S2. The topological polar surface area (TPSA) is 24.4 Å². The molecule has 0 aromatic heterocycles. The summed E-state index contributed by atoms with van der Waals surface area (Å²) >= 11 is 3.87. The Kier molecular flexibility index (Phi) is 3.56. The highest BCUT2D eigenvalue weighted by molar-refractivity contribution is 8.14. The fraction of sp³-hybridized carbons (Fsp3) is 0.909. The van der Waals surface area contributed by atoms with Crippen LogP contribution in [-0.2, 0) is 0 Å². The second-order valence-electron chi connectivity index (χ2n) is 5.06. The van der Waals surface area contributed by atoms with Gasteiger partial charge in [-0.15, -0.1) is 0 Å². The molecule has 86 valence electrons. The second-order valence-corrected chi connectivity index (χ2v) is 7.16. The van der Waals surface area contributed by atoms with Gasteiger partial charge in [0.1, 0.15) is 0 Å². The van der Waals surface area contributed by atoms with Gasteiger partial charge in [0.25, 0.3) is 0 Å². The Bertz CT molecular complexity index is 263. The van der Waals surface area contributed by atoms with Crippen LogP contribution in [0.4, 0.5) is 0 Å². The fourth-order valence-electron chi connectivity index (χ4n) is 2.09. The van der Waals surface area contributed by atoms with Crippen LogP contribution in [0.2, 0.25) is 0 Å². The van der Waals surface area contributed by atoms with Gasteiger partial charge >= 0.3 is 0 Å². The molecule has 2 atom stereocenters. The van der Waals surface area contributed by atoms with Crippen molar-refractivity contribution < 1.29 is 0 Å². The molecule has 1 N–H and O–H groups in total. The average molecular weight is 244 g/mol. The number of aliphatic imine (C=N–C) groups is 1. The number of amidine groups is 1. The van der Waals surface area contributed by atoms with Gasteiger partial charge in [-0.05, 0) is 39.4 Å². The highest BCUT2D eigenvalue weighted by Gasteiger charge is 2.29. The van der Waals surface area contributed by atoms with E-state index >= 15 is 0 Å². The molecule has 0 amide bonds. The van der Waals surface area contributed by atoms with Crippen LogP contribution < -0.4 is 5.32 Å². The highest BCUT2D eigenvalue weighted by Crippen LogP contribution is 2.31. The van der Waals surface area contributed by atoms with Crippen molar-refractivity contribution >= 4 is 28.7 Å². The number of nitrogens with zero attached hydrogens (tertiary/aromatic N) is 1. The quantitative estimate of drug-likeness (QED) is 0.808. The first-order valence-corrected chi connectivity index (χ1v) is 7.88. The van der Waals surface area contributed by atoms with Gasteiger partial charge in [-0.2, -0.15) is 11.8 Å². The maximum Gasteiger partial charge on any atom is 0.157 e. The van der Waals surface area contributed by atoms with E-state index < -0.39 is 0 Å². The Morgan fingerprint density at radius 2 is 2.27 bits per heavy atom. The zero-order valence-electron chi connectivity index (χ0n) is 9.75. The number of rotatable bonds is 2. The van der Waals surface area contributed by atoms with Crippen molar-refractivity contribution in [3.8, 4) is 0 Å². The van der Waals surface area contributed by atoms with Gasteiger partial charge in [-0.25, -0.2) is 0 Å². The monoisotopic (exact) mass is 244 g/mol. The summed E-state index contributed by atoms with van der Waals surface area (Å²) in [5.41, 5.74) is 0.237. The number of hydrogen-bond donors (Lipinski definition) is 1. The zero-order valence-corrected chi connectivity index (χ0v) is 11.4. The molecule has 0 aromatic carbocycles. The minimum Gasteiger partial charge on any atom is -0.359 e. The largest absolute Gasteiger partial charge is 0.359 e. The van der Waals surface area contributed by atoms with Crippen LogP contribution in [-0.4, -0.2) is 34.0 Å². The van der Waals surface area contributed by atoms with Crippen molar-refractivity contribution in [1.82, 2.24) is 5.32 Å². The molecule has 2 nitrogen and oxygen atoms in total. The summed E-state index contributed by atoms with van der Waals surface area (Å²) in [6.07, 6.45) is 6.10. The van der Waals surface area contributed by atoms with Crippen molar-refractivity contribution in [2.24, 2.45) is 4.99 Å². The summed E-state index contributed by atoms with van der Waals surface area (Å²) in [7, 11) is 0. The minimum atomic E-state index is 0.237. The molecule has 2 aliphatic rings. The molecular weight excluding hydrogens is 224 g/mol. The smallest absolute Gasteiger partial charge is 0.157 e. The molecule has 15 heavy (non-hydrogen) atoms. The summed E-state index contributed by atoms with van der Waals surface area (Å²) < 4.78 is 0. The summed E-state index contributed by atoms with van der Waals surface area (Å²) in [4.78, 5) is 4.82. The van der Waals surface area contributed by atoms with Crippen LogP contribution >= 0.6 is 23.5 Å². The van der Waals surface area contributed by atoms with Gasteiger partial charge in [0.15, 0.2) is 5.17 Å². The lowest BCUT2D eigenvalue weighted by Gasteiger charge is -2.16. The van der Waals surface area contributed by atoms with Crippen LogP contribution in [0.15, 0.2) is 4.99 Å². The maximum atomic E-state index is 4.82. The first-order chi connectivity index (χ1) is 7.09. The van der Waals surface area contributed by atoms with Crippen molar-refractivity contribution in [2.45, 2.75) is 49.9 Å². The van der Waals surface area contributed by atoms with E-state index in [9.17, 15) is 0 Å². The van der Waals surface area contributed by atoms with E-state index in [0.29, 0.717) is 6.04 Å². The van der Waals surface area contributed by atoms with Crippen LogP contribution in [0.3, 0.4) is 0 Å². The van der Waals surface area contributed by atoms with E-state index in [2.05, 4.69) is 25.4 Å². The molecule has 4 heteroatoms. The lowest BCUT2D eigenvalue weighted by atomic mass is 10.1. The van der Waals surface area contributed by atoms with Crippen LogP contribution in [0.1, 0.15) is 33.1 Å². The third-order valence-corrected chi connectivity index (χ3v) is 5.45. The zero-order chi connectivity index (χ0) is 10.9. The van der Waals surface area contributed by atoms with Gasteiger partial charge in [-0.1, -0.05) is 11.8 Å². The number of nitrogens with one attached hydrogen (secondary N) is 1. The number of thioether (sulfide) groups is 2. The van der Waals surface area contributed by atoms with Crippen LogP contribution in [0.5, 0.6) is 0 Å². The summed E-state index contributed by atoms with van der Waals surface area (Å²) in [5, 5.41) is 5.52. The Morgan fingerprint density at radius 3 is 2.80 bits per heavy atom.